The molecule has 0 N–H and O–H groups in total. The third-order valence-electron chi connectivity index (χ3n) is 5.52. The van der Waals surface area contributed by atoms with Crippen LogP contribution in [0.1, 0.15) is 43.2 Å². The van der Waals surface area contributed by atoms with Gasteiger partial charge in [-0.2, -0.15) is 0 Å². The van der Waals surface area contributed by atoms with Gasteiger partial charge in [0.25, 0.3) is 0 Å². The van der Waals surface area contributed by atoms with Crippen LogP contribution >= 0.6 is 22.6 Å². The molecule has 2 aliphatic rings. The first kappa shape index (κ1) is 20.0. The van der Waals surface area contributed by atoms with Crippen molar-refractivity contribution in [3.05, 3.63) is 80.6 Å². The lowest BCUT2D eigenvalue weighted by Crippen LogP contribution is -2.37. The molecular weight excluding hydrogens is 477 g/mol. The lowest BCUT2D eigenvalue weighted by molar-refractivity contribution is -0.148. The van der Waals surface area contributed by atoms with E-state index in [-0.39, 0.29) is 24.3 Å². The number of ketones is 1. The highest BCUT2D eigenvalue weighted by Gasteiger charge is 2.43. The van der Waals surface area contributed by atoms with E-state index in [2.05, 4.69) is 27.6 Å². The molecule has 1 unspecified atom stereocenters. The largest absolute Gasteiger partial charge is 0.460 e. The Morgan fingerprint density at radius 1 is 1.14 bits per heavy atom. The predicted octanol–water partition coefficient (Wildman–Crippen LogP) is 5.22. The number of allylic oxidation sites excluding steroid dienone is 2. The minimum Gasteiger partial charge on any atom is -0.460 e. The van der Waals surface area contributed by atoms with Crippen molar-refractivity contribution in [2.45, 2.75) is 38.7 Å². The van der Waals surface area contributed by atoms with Crippen molar-refractivity contribution in [3.63, 3.8) is 0 Å². The highest BCUT2D eigenvalue weighted by Crippen LogP contribution is 2.43. The minimum atomic E-state index is -0.585. The summed E-state index contributed by atoms with van der Waals surface area (Å²) in [6, 6.07) is 17.6. The van der Waals surface area contributed by atoms with Gasteiger partial charge in [0.1, 0.15) is 12.5 Å². The molecule has 4 rings (SSSR count). The van der Waals surface area contributed by atoms with Crippen LogP contribution in [-0.2, 0) is 20.9 Å². The van der Waals surface area contributed by atoms with Crippen molar-refractivity contribution >= 4 is 40.1 Å². The van der Waals surface area contributed by atoms with Gasteiger partial charge in [-0.15, -0.1) is 0 Å². The van der Waals surface area contributed by atoms with E-state index in [4.69, 9.17) is 4.74 Å². The van der Waals surface area contributed by atoms with Crippen LogP contribution in [0.4, 0.5) is 0 Å². The van der Waals surface area contributed by atoms with Crippen molar-refractivity contribution in [2.24, 2.45) is 10.9 Å². The molecule has 2 aromatic rings. The number of halogens is 1. The molecule has 0 spiro atoms. The lowest BCUT2D eigenvalue weighted by Gasteiger charge is -2.34. The van der Waals surface area contributed by atoms with Crippen molar-refractivity contribution < 1.29 is 14.3 Å². The number of Topliss-reactive ketones (excluding diaryl/α,β-unsaturated/α-hetero) is 1. The van der Waals surface area contributed by atoms with Crippen molar-refractivity contribution in [1.82, 2.24) is 0 Å². The molecule has 0 amide bonds. The smallest absolute Gasteiger partial charge is 0.315 e. The van der Waals surface area contributed by atoms with Gasteiger partial charge in [0, 0.05) is 32.9 Å². The van der Waals surface area contributed by atoms with Gasteiger partial charge in [-0.05, 0) is 65.6 Å². The fourth-order valence-electron chi connectivity index (χ4n) is 4.19. The summed E-state index contributed by atoms with van der Waals surface area (Å²) < 4.78 is 6.75. The Kier molecular flexibility index (Phi) is 5.94. The lowest BCUT2D eigenvalue weighted by atomic mass is 9.72. The van der Waals surface area contributed by atoms with Crippen LogP contribution in [-0.4, -0.2) is 17.5 Å². The summed E-state index contributed by atoms with van der Waals surface area (Å²) in [4.78, 5) is 30.7. The second kappa shape index (κ2) is 8.61. The zero-order valence-corrected chi connectivity index (χ0v) is 18.4. The second-order valence-corrected chi connectivity index (χ2v) is 8.74. The van der Waals surface area contributed by atoms with Gasteiger partial charge in [0.15, 0.2) is 5.78 Å². The molecule has 1 heterocycles. The number of carbonyl (C=O) groups excluding carboxylic acids is 2. The molecule has 0 radical (unpaired) electrons. The molecule has 0 bridgehead atoms. The summed E-state index contributed by atoms with van der Waals surface area (Å²) in [6.07, 6.45) is 2.11. The van der Waals surface area contributed by atoms with Crippen molar-refractivity contribution in [3.8, 4) is 0 Å². The van der Waals surface area contributed by atoms with E-state index in [0.717, 1.165) is 38.9 Å². The third kappa shape index (κ3) is 4.20. The second-order valence-electron chi connectivity index (χ2n) is 7.49. The first-order valence-electron chi connectivity index (χ1n) is 9.82. The van der Waals surface area contributed by atoms with Crippen LogP contribution in [0.5, 0.6) is 0 Å². The van der Waals surface area contributed by atoms with Crippen LogP contribution in [0, 0.1) is 9.49 Å². The first-order valence-corrected chi connectivity index (χ1v) is 10.9. The number of nitrogens with zero attached hydrogens (tertiary/aromatic N) is 1. The monoisotopic (exact) mass is 499 g/mol. The molecule has 1 aliphatic heterocycles. The van der Waals surface area contributed by atoms with Gasteiger partial charge in [-0.25, -0.2) is 0 Å². The van der Waals surface area contributed by atoms with Gasteiger partial charge in [0.05, 0.1) is 0 Å². The molecule has 1 aliphatic carbocycles. The van der Waals surface area contributed by atoms with Crippen molar-refractivity contribution in [2.75, 3.05) is 0 Å². The molecule has 0 fully saturated rings. The number of hydrogen-bond acceptors (Lipinski definition) is 4. The van der Waals surface area contributed by atoms with E-state index < -0.39 is 5.92 Å². The van der Waals surface area contributed by atoms with Crippen LogP contribution in [0.15, 0.2) is 70.9 Å². The Labute approximate surface area is 184 Å². The Hall–Kier alpha value is -2.28. The van der Waals surface area contributed by atoms with E-state index in [1.807, 2.05) is 61.5 Å². The highest BCUT2D eigenvalue weighted by atomic mass is 127. The molecule has 148 valence electrons. The van der Waals surface area contributed by atoms with Gasteiger partial charge in [-0.3, -0.25) is 14.6 Å². The standard InChI is InChI=1S/C24H22INO3/c1-15-21(24(28)29-14-16-7-3-2-4-8-16)22(17-9-5-10-18(25)13-17)23-19(26-15)11-6-12-20(23)27/h2-5,7-10,13,21-22H,6,11-12,14H2,1H3/t21?,22-/m1/s1. The normalized spacial score (nSPS) is 21.4. The third-order valence-corrected chi connectivity index (χ3v) is 6.19. The summed E-state index contributed by atoms with van der Waals surface area (Å²) >= 11 is 2.26. The fraction of sp³-hybridized carbons (Fsp3) is 0.292. The number of benzene rings is 2. The molecular formula is C24H22INO3. The number of ether oxygens (including phenoxy) is 1. The zero-order valence-electron chi connectivity index (χ0n) is 16.2. The number of esters is 1. The summed E-state index contributed by atoms with van der Waals surface area (Å²) in [5, 5.41) is 0. The average Bonchev–Trinajstić information content (AvgIpc) is 2.72. The molecule has 2 aromatic carbocycles. The van der Waals surface area contributed by atoms with Gasteiger partial charge in [-0.1, -0.05) is 42.5 Å². The molecule has 0 saturated heterocycles. The Morgan fingerprint density at radius 3 is 2.69 bits per heavy atom. The maximum absolute atomic E-state index is 13.2. The molecule has 2 atom stereocenters. The summed E-state index contributed by atoms with van der Waals surface area (Å²) in [5.41, 5.74) is 4.17. The predicted molar refractivity (Wildman–Crippen MR) is 121 cm³/mol. The number of hydrogen-bond donors (Lipinski definition) is 0. The highest BCUT2D eigenvalue weighted by molar-refractivity contribution is 14.1. The summed E-state index contributed by atoms with van der Waals surface area (Å²) in [6.45, 7) is 2.08. The van der Waals surface area contributed by atoms with E-state index in [0.29, 0.717) is 12.0 Å². The summed E-state index contributed by atoms with van der Waals surface area (Å²) in [5.74, 6) is -1.15. The van der Waals surface area contributed by atoms with E-state index in [1.165, 1.54) is 0 Å². The van der Waals surface area contributed by atoms with Crippen LogP contribution in [0.3, 0.4) is 0 Å². The number of aliphatic imine (C=N–C) groups is 1. The van der Waals surface area contributed by atoms with Gasteiger partial charge in [0.2, 0.25) is 0 Å². The average molecular weight is 499 g/mol. The SMILES string of the molecule is CC1=NC2=C(C(=O)CCC2)[C@H](c2cccc(I)c2)C1C(=O)OCc1ccccc1. The molecule has 5 heteroatoms. The number of rotatable bonds is 4. The number of carbonyl (C=O) groups is 2. The van der Waals surface area contributed by atoms with E-state index >= 15 is 0 Å². The van der Waals surface area contributed by atoms with Gasteiger partial charge >= 0.3 is 5.97 Å². The first-order chi connectivity index (χ1) is 14.0. The Bertz CT molecular complexity index is 1010. The zero-order chi connectivity index (χ0) is 20.4. The maximum Gasteiger partial charge on any atom is 0.315 e. The Morgan fingerprint density at radius 2 is 1.93 bits per heavy atom. The van der Waals surface area contributed by atoms with E-state index in [9.17, 15) is 9.59 Å². The topological polar surface area (TPSA) is 55.7 Å². The minimum absolute atomic E-state index is 0.104. The van der Waals surface area contributed by atoms with Crippen LogP contribution in [0.25, 0.3) is 0 Å². The van der Waals surface area contributed by atoms with Crippen molar-refractivity contribution in [1.29, 1.82) is 0 Å². The van der Waals surface area contributed by atoms with Crippen LogP contribution in [0.2, 0.25) is 0 Å². The summed E-state index contributed by atoms with van der Waals surface area (Å²) in [7, 11) is 0. The van der Waals surface area contributed by atoms with E-state index in [1.54, 1.807) is 0 Å². The molecule has 29 heavy (non-hydrogen) atoms. The van der Waals surface area contributed by atoms with Gasteiger partial charge < -0.3 is 4.74 Å². The Balaban J connectivity index is 1.70. The maximum atomic E-state index is 13.2. The molecule has 0 aromatic heterocycles. The fourth-order valence-corrected chi connectivity index (χ4v) is 4.76. The van der Waals surface area contributed by atoms with Crippen LogP contribution < -0.4 is 0 Å². The molecule has 0 saturated carbocycles. The quantitative estimate of drug-likeness (QED) is 0.429. The molecule has 4 nitrogen and oxygen atoms in total.